The highest BCUT2D eigenvalue weighted by Crippen LogP contribution is 2.20. The summed E-state index contributed by atoms with van der Waals surface area (Å²) in [5.41, 5.74) is -5.65. The molecule has 0 amide bonds. The van der Waals surface area contributed by atoms with Crippen LogP contribution in [0.4, 0.5) is 13.2 Å². The molecule has 1 heterocycles. The number of unbranched alkanes of at least 4 members (excludes halogenated alkanes) is 1. The number of hydrogen-bond acceptors (Lipinski definition) is 5. The first-order valence-electron chi connectivity index (χ1n) is 7.29. The maximum absolute atomic E-state index is 11.3. The van der Waals surface area contributed by atoms with Gasteiger partial charge in [-0.05, 0) is 6.42 Å². The van der Waals surface area contributed by atoms with Crippen molar-refractivity contribution in [2.75, 3.05) is 0 Å². The maximum Gasteiger partial charge on any atom is 0.485 e. The topological polar surface area (TPSA) is 120 Å². The molecule has 25 heavy (non-hydrogen) atoms. The summed E-state index contributed by atoms with van der Waals surface area (Å²) < 4.78 is 94.1. The van der Waals surface area contributed by atoms with Crippen LogP contribution in [0.25, 0.3) is 0 Å². The summed E-state index contributed by atoms with van der Waals surface area (Å²) >= 11 is 0. The monoisotopic (exact) mass is 410 g/mol. The molecule has 0 aliphatic carbocycles. The fourth-order valence-corrected chi connectivity index (χ4v) is 2.72. The van der Waals surface area contributed by atoms with Crippen molar-refractivity contribution in [3.63, 3.8) is 0 Å². The lowest BCUT2D eigenvalue weighted by molar-refractivity contribution is -0.696. The zero-order valence-corrected chi connectivity index (χ0v) is 15.3. The largest absolute Gasteiger partial charge is 0.741 e. The van der Waals surface area contributed by atoms with E-state index < -0.39 is 31.1 Å². The van der Waals surface area contributed by atoms with Gasteiger partial charge in [0.05, 0.1) is 6.54 Å². The van der Waals surface area contributed by atoms with E-state index in [1.54, 1.807) is 17.1 Å². The van der Waals surface area contributed by atoms with E-state index in [0.717, 1.165) is 19.4 Å². The van der Waals surface area contributed by atoms with Gasteiger partial charge in [-0.2, -0.15) is 21.6 Å². The number of halogens is 3. The molecule has 1 unspecified atom stereocenters. The third-order valence-electron chi connectivity index (χ3n) is 2.98. The highest BCUT2D eigenvalue weighted by molar-refractivity contribution is 7.86. The fourth-order valence-electron chi connectivity index (χ4n) is 1.75. The van der Waals surface area contributed by atoms with E-state index in [2.05, 4.69) is 6.92 Å². The predicted molar refractivity (Wildman–Crippen MR) is 80.8 cm³/mol. The third kappa shape index (κ3) is 8.65. The summed E-state index contributed by atoms with van der Waals surface area (Å²) in [6.07, 6.45) is 8.55. The zero-order chi connectivity index (χ0) is 19.9. The molecule has 1 aromatic rings. The number of hydrogen-bond donors (Lipinski definition) is 1. The van der Waals surface area contributed by atoms with Crippen molar-refractivity contribution in [3.8, 4) is 0 Å². The van der Waals surface area contributed by atoms with Gasteiger partial charge >= 0.3 is 15.6 Å². The molecule has 1 aromatic heterocycles. The quantitative estimate of drug-likeness (QED) is 0.416. The second-order valence-electron chi connectivity index (χ2n) is 5.11. The fraction of sp³-hybridized carbons (Fsp3) is 0.750. The van der Waals surface area contributed by atoms with Gasteiger partial charge in [-0.25, -0.2) is 17.6 Å². The Labute approximate surface area is 144 Å². The van der Waals surface area contributed by atoms with Gasteiger partial charge in [0.15, 0.2) is 10.1 Å². The van der Waals surface area contributed by atoms with Crippen molar-refractivity contribution >= 4 is 20.2 Å². The summed E-state index contributed by atoms with van der Waals surface area (Å²) in [6.45, 7) is 4.87. The van der Waals surface area contributed by atoms with Crippen molar-refractivity contribution in [2.45, 2.75) is 57.0 Å². The standard InChI is InChI=1S/C11H20N2O3S.CHF3O3S/c1-3-5-7-12-8-9-13(10-12)11(6-4-2)17(14,15)16;2-1(3,4)8(5,6)7/h8-11H,3-7H2,1-2H3;(H,5,6,7). The minimum Gasteiger partial charge on any atom is -0.741 e. The lowest BCUT2D eigenvalue weighted by Gasteiger charge is -2.08. The van der Waals surface area contributed by atoms with Crippen LogP contribution in [0.5, 0.6) is 0 Å². The molecule has 8 nitrogen and oxygen atoms in total. The molecule has 1 rings (SSSR count). The molecule has 0 aliphatic rings. The van der Waals surface area contributed by atoms with Crippen LogP contribution >= 0.6 is 0 Å². The summed E-state index contributed by atoms with van der Waals surface area (Å²) in [5.74, 6) is 0. The van der Waals surface area contributed by atoms with E-state index >= 15 is 0 Å². The van der Waals surface area contributed by atoms with Crippen molar-refractivity contribution in [1.82, 2.24) is 4.57 Å². The molecule has 13 heteroatoms. The number of aromatic nitrogens is 2. The highest BCUT2D eigenvalue weighted by Gasteiger charge is 2.36. The molecule has 0 fully saturated rings. The van der Waals surface area contributed by atoms with Crippen LogP contribution in [-0.2, 0) is 26.8 Å². The highest BCUT2D eigenvalue weighted by atomic mass is 32.2. The Morgan fingerprint density at radius 1 is 1.20 bits per heavy atom. The zero-order valence-electron chi connectivity index (χ0n) is 13.7. The predicted octanol–water partition coefficient (Wildman–Crippen LogP) is 1.81. The number of alkyl halides is 3. The van der Waals surface area contributed by atoms with Gasteiger partial charge in [-0.15, -0.1) is 0 Å². The van der Waals surface area contributed by atoms with Crippen molar-refractivity contribution in [2.24, 2.45) is 0 Å². The molecule has 0 aliphatic heterocycles. The van der Waals surface area contributed by atoms with Gasteiger partial charge in [-0.3, -0.25) is 4.55 Å². The Morgan fingerprint density at radius 2 is 1.72 bits per heavy atom. The van der Waals surface area contributed by atoms with Gasteiger partial charge in [0.25, 0.3) is 0 Å². The average molecular weight is 410 g/mol. The van der Waals surface area contributed by atoms with Gasteiger partial charge in [-0.1, -0.05) is 26.7 Å². The Bertz CT molecular complexity index is 728. The molecule has 0 bridgehead atoms. The summed E-state index contributed by atoms with van der Waals surface area (Å²) in [7, 11) is -10.1. The Morgan fingerprint density at radius 3 is 2.08 bits per heavy atom. The normalized spacial score (nSPS) is 13.9. The number of rotatable bonds is 7. The van der Waals surface area contributed by atoms with Crippen LogP contribution < -0.4 is 4.57 Å². The average Bonchev–Trinajstić information content (AvgIpc) is 2.88. The van der Waals surface area contributed by atoms with Crippen molar-refractivity contribution in [1.29, 1.82) is 0 Å². The van der Waals surface area contributed by atoms with E-state index in [1.807, 2.05) is 17.7 Å². The van der Waals surface area contributed by atoms with Crippen molar-refractivity contribution < 1.29 is 43.7 Å². The summed E-state index contributed by atoms with van der Waals surface area (Å²) in [5, 5.41) is -0.865. The van der Waals surface area contributed by atoms with Crippen LogP contribution in [0.15, 0.2) is 18.7 Å². The SMILES string of the molecule is CCCC[n+]1ccn(C(CCC)S(=O)(=O)O)c1.O=S(=O)([O-])C(F)(F)F. The molecule has 1 N–H and O–H groups in total. The van der Waals surface area contributed by atoms with E-state index in [-0.39, 0.29) is 0 Å². The lowest BCUT2D eigenvalue weighted by Crippen LogP contribution is -2.31. The minimum absolute atomic E-state index is 0.418. The molecule has 0 radical (unpaired) electrons. The van der Waals surface area contributed by atoms with Crippen molar-refractivity contribution in [3.05, 3.63) is 18.7 Å². The first-order valence-corrected chi connectivity index (χ1v) is 10.2. The molecule has 1 atom stereocenters. The molecular weight excluding hydrogens is 389 g/mol. The van der Waals surface area contributed by atoms with Crippen LogP contribution in [0.3, 0.4) is 0 Å². The molecular formula is C12H21F3N2O6S2. The second kappa shape index (κ2) is 9.50. The lowest BCUT2D eigenvalue weighted by atomic mass is 10.3. The van der Waals surface area contributed by atoms with E-state index in [4.69, 9.17) is 13.0 Å². The Kier molecular flexibility index (Phi) is 9.05. The summed E-state index contributed by atoms with van der Waals surface area (Å²) in [6, 6.07) is 0. The molecule has 0 spiro atoms. The molecule has 148 valence electrons. The van der Waals surface area contributed by atoms with Gasteiger partial charge < -0.3 is 4.55 Å². The van der Waals surface area contributed by atoms with Crippen LogP contribution in [0.2, 0.25) is 0 Å². The van der Waals surface area contributed by atoms with Crippen LogP contribution in [-0.4, -0.2) is 36.0 Å². The Balaban J connectivity index is 0.000000609. The maximum atomic E-state index is 11.3. The van der Waals surface area contributed by atoms with Crippen LogP contribution in [0.1, 0.15) is 44.9 Å². The minimum atomic E-state index is -6.09. The molecule has 0 saturated heterocycles. The first-order chi connectivity index (χ1) is 11.2. The first kappa shape index (κ1) is 23.8. The van der Waals surface area contributed by atoms with Gasteiger partial charge in [0, 0.05) is 6.42 Å². The summed E-state index contributed by atoms with van der Waals surface area (Å²) in [4.78, 5) is 0. The van der Waals surface area contributed by atoms with Gasteiger partial charge in [0.1, 0.15) is 12.4 Å². The van der Waals surface area contributed by atoms with E-state index in [9.17, 15) is 26.1 Å². The van der Waals surface area contributed by atoms with Crippen LogP contribution in [0, 0.1) is 0 Å². The molecule has 0 aromatic carbocycles. The Hall–Kier alpha value is -1.18. The van der Waals surface area contributed by atoms with E-state index in [1.165, 1.54) is 0 Å². The smallest absolute Gasteiger partial charge is 0.485 e. The molecule has 0 saturated carbocycles. The number of nitrogens with zero attached hydrogens (tertiary/aromatic N) is 2. The number of aryl methyl sites for hydroxylation is 1. The second-order valence-corrected chi connectivity index (χ2v) is 8.06. The van der Waals surface area contributed by atoms with E-state index in [0.29, 0.717) is 12.8 Å². The van der Waals surface area contributed by atoms with Gasteiger partial charge in [0.2, 0.25) is 11.7 Å². The third-order valence-corrected chi connectivity index (χ3v) is 4.71. The number of imidazole rings is 1.